The quantitative estimate of drug-likeness (QED) is 0.342. The average molecular weight is 413 g/mol. The van der Waals surface area contributed by atoms with E-state index in [1.165, 1.54) is 41.9 Å². The summed E-state index contributed by atoms with van der Waals surface area (Å²) in [6, 6.07) is 13.6. The minimum atomic E-state index is -4.03. The number of nitrogens with one attached hydrogen (secondary N) is 3. The molecule has 146 valence electrons. The summed E-state index contributed by atoms with van der Waals surface area (Å²) in [5.41, 5.74) is 1.38. The molecule has 0 spiro atoms. The molecule has 0 aliphatic rings. The van der Waals surface area contributed by atoms with Gasteiger partial charge in [-0.15, -0.1) is 0 Å². The van der Waals surface area contributed by atoms with Crippen LogP contribution in [0.5, 0.6) is 0 Å². The van der Waals surface area contributed by atoms with Gasteiger partial charge in [-0.3, -0.25) is 10.0 Å². The Labute approximate surface area is 157 Å². The highest BCUT2D eigenvalue weighted by Gasteiger charge is 2.26. The van der Waals surface area contributed by atoms with Crippen molar-refractivity contribution in [3.05, 3.63) is 60.7 Å². The number of amides is 1. The molecule has 0 heterocycles. The first-order valence-electron chi connectivity index (χ1n) is 7.82. The van der Waals surface area contributed by atoms with E-state index < -0.39 is 32.0 Å². The van der Waals surface area contributed by atoms with Gasteiger partial charge in [-0.1, -0.05) is 36.4 Å². The first-order chi connectivity index (χ1) is 12.8. The predicted octanol–water partition coefficient (Wildman–Crippen LogP) is 0.208. The van der Waals surface area contributed by atoms with Gasteiger partial charge in [-0.2, -0.15) is 4.72 Å². The molecular weight excluding hydrogens is 394 g/mol. The number of carbonyl (C=O) groups excluding carboxylic acids is 1. The number of rotatable bonds is 9. The van der Waals surface area contributed by atoms with Crippen LogP contribution >= 0.6 is 0 Å². The van der Waals surface area contributed by atoms with Crippen molar-refractivity contribution in [2.24, 2.45) is 0 Å². The summed E-state index contributed by atoms with van der Waals surface area (Å²) in [5.74, 6) is -1.01. The Hall–Kier alpha value is -2.31. The van der Waals surface area contributed by atoms with Gasteiger partial charge in [-0.25, -0.2) is 27.0 Å². The van der Waals surface area contributed by atoms with E-state index in [0.29, 0.717) is 0 Å². The summed E-state index contributed by atoms with van der Waals surface area (Å²) in [4.78, 5) is 11.8. The Balaban J connectivity index is 2.06. The highest BCUT2D eigenvalue weighted by atomic mass is 32.2. The summed E-state index contributed by atoms with van der Waals surface area (Å²) in [6.07, 6.45) is -0.218. The number of sulfonamides is 2. The van der Waals surface area contributed by atoms with E-state index in [1.807, 2.05) is 0 Å². The first-order valence-corrected chi connectivity index (χ1v) is 10.8. The average Bonchev–Trinajstić information content (AvgIpc) is 2.67. The third-order valence-corrected chi connectivity index (χ3v) is 6.52. The lowest BCUT2D eigenvalue weighted by molar-refractivity contribution is -0.131. The minimum Gasteiger partial charge on any atom is -0.289 e. The Bertz CT molecular complexity index is 964. The monoisotopic (exact) mass is 413 g/mol. The summed E-state index contributed by atoms with van der Waals surface area (Å²) in [6.45, 7) is -0.230. The van der Waals surface area contributed by atoms with Crippen molar-refractivity contribution in [1.29, 1.82) is 0 Å². The zero-order valence-electron chi connectivity index (χ0n) is 14.1. The van der Waals surface area contributed by atoms with Gasteiger partial charge >= 0.3 is 0 Å². The topological polar surface area (TPSA) is 142 Å². The van der Waals surface area contributed by atoms with Crippen LogP contribution in [0, 0.1) is 0 Å². The van der Waals surface area contributed by atoms with Gasteiger partial charge in [0.2, 0.25) is 20.0 Å². The van der Waals surface area contributed by atoms with Gasteiger partial charge in [0, 0.05) is 6.54 Å². The van der Waals surface area contributed by atoms with Crippen LogP contribution in [-0.2, 0) is 24.8 Å². The van der Waals surface area contributed by atoms with Gasteiger partial charge in [0.25, 0.3) is 5.91 Å². The summed E-state index contributed by atoms with van der Waals surface area (Å²) in [5, 5.41) is 8.84. The van der Waals surface area contributed by atoms with Crippen molar-refractivity contribution in [2.75, 3.05) is 6.54 Å². The molecule has 1 amide bonds. The fourth-order valence-corrected chi connectivity index (χ4v) is 4.52. The molecule has 2 aromatic rings. The van der Waals surface area contributed by atoms with E-state index in [-0.39, 0.29) is 22.8 Å². The fourth-order valence-electron chi connectivity index (χ4n) is 2.20. The molecule has 0 aromatic heterocycles. The van der Waals surface area contributed by atoms with Crippen LogP contribution in [-0.4, -0.2) is 40.5 Å². The van der Waals surface area contributed by atoms with Crippen molar-refractivity contribution in [1.82, 2.24) is 14.9 Å². The van der Waals surface area contributed by atoms with Crippen LogP contribution in [0.2, 0.25) is 0 Å². The summed E-state index contributed by atoms with van der Waals surface area (Å²) in [7, 11) is -7.84. The Kier molecular flexibility index (Phi) is 7.05. The van der Waals surface area contributed by atoms with E-state index in [2.05, 4.69) is 9.44 Å². The molecule has 4 N–H and O–H groups in total. The zero-order valence-corrected chi connectivity index (χ0v) is 15.7. The maximum absolute atomic E-state index is 12.3. The maximum Gasteiger partial charge on any atom is 0.261 e. The molecule has 11 heteroatoms. The molecule has 9 nitrogen and oxygen atoms in total. The standard InChI is InChI=1S/C16H19N3O6S2/c20-16(18-21)15(19-27(24,25)14-9-5-2-6-10-14)11-12-17-26(22,23)13-7-3-1-4-8-13/h1-10,15,17,19,21H,11-12H2,(H,18,20)/t15-/m0/s1. The largest absolute Gasteiger partial charge is 0.289 e. The molecule has 2 rings (SSSR count). The molecule has 27 heavy (non-hydrogen) atoms. The number of benzene rings is 2. The van der Waals surface area contributed by atoms with Crippen LogP contribution in [0.3, 0.4) is 0 Å². The van der Waals surface area contributed by atoms with Gasteiger partial charge in [-0.05, 0) is 30.7 Å². The van der Waals surface area contributed by atoms with E-state index in [9.17, 15) is 21.6 Å². The molecule has 1 atom stereocenters. The molecule has 0 unspecified atom stereocenters. The molecule has 0 fully saturated rings. The Morgan fingerprint density at radius 2 is 1.33 bits per heavy atom. The van der Waals surface area contributed by atoms with Gasteiger partial charge in [0.1, 0.15) is 6.04 Å². The lowest BCUT2D eigenvalue weighted by atomic mass is 10.2. The first kappa shape index (κ1) is 21.0. The normalized spacial score (nSPS) is 13.1. The third kappa shape index (κ3) is 5.84. The fraction of sp³-hybridized carbons (Fsp3) is 0.188. The third-order valence-electron chi connectivity index (χ3n) is 3.56. The van der Waals surface area contributed by atoms with Crippen molar-refractivity contribution in [3.8, 4) is 0 Å². The van der Waals surface area contributed by atoms with Crippen LogP contribution in [0.15, 0.2) is 70.5 Å². The molecule has 0 aliphatic carbocycles. The number of hydroxylamine groups is 1. The number of hydrogen-bond acceptors (Lipinski definition) is 6. The number of carbonyl (C=O) groups is 1. The second-order valence-electron chi connectivity index (χ2n) is 5.46. The zero-order chi connectivity index (χ0) is 19.9. The molecule has 0 saturated carbocycles. The minimum absolute atomic E-state index is 0.0398. The Morgan fingerprint density at radius 1 is 0.852 bits per heavy atom. The van der Waals surface area contributed by atoms with Crippen molar-refractivity contribution < 1.29 is 26.8 Å². The molecule has 0 bridgehead atoms. The highest BCUT2D eigenvalue weighted by Crippen LogP contribution is 2.10. The van der Waals surface area contributed by atoms with Gasteiger partial charge in [0.05, 0.1) is 9.79 Å². The Morgan fingerprint density at radius 3 is 1.81 bits per heavy atom. The summed E-state index contributed by atoms with van der Waals surface area (Å²) >= 11 is 0. The van der Waals surface area contributed by atoms with Crippen molar-refractivity contribution >= 4 is 26.0 Å². The van der Waals surface area contributed by atoms with E-state index >= 15 is 0 Å². The van der Waals surface area contributed by atoms with E-state index in [1.54, 1.807) is 24.3 Å². The number of hydrogen-bond donors (Lipinski definition) is 4. The molecule has 0 saturated heterocycles. The van der Waals surface area contributed by atoms with Crippen LogP contribution in [0.25, 0.3) is 0 Å². The van der Waals surface area contributed by atoms with Gasteiger partial charge in [0.15, 0.2) is 0 Å². The van der Waals surface area contributed by atoms with E-state index in [0.717, 1.165) is 0 Å². The SMILES string of the molecule is O=C(NO)[C@H](CCNS(=O)(=O)c1ccccc1)NS(=O)(=O)c1ccccc1. The maximum atomic E-state index is 12.3. The predicted molar refractivity (Wildman–Crippen MR) is 96.7 cm³/mol. The lowest BCUT2D eigenvalue weighted by Crippen LogP contribution is -2.47. The van der Waals surface area contributed by atoms with Crippen molar-refractivity contribution in [3.63, 3.8) is 0 Å². The van der Waals surface area contributed by atoms with E-state index in [4.69, 9.17) is 5.21 Å². The van der Waals surface area contributed by atoms with Gasteiger partial charge < -0.3 is 0 Å². The van der Waals surface area contributed by atoms with Crippen LogP contribution in [0.1, 0.15) is 6.42 Å². The second-order valence-corrected chi connectivity index (χ2v) is 8.94. The summed E-state index contributed by atoms with van der Waals surface area (Å²) < 4.78 is 53.4. The molecule has 2 aromatic carbocycles. The smallest absolute Gasteiger partial charge is 0.261 e. The lowest BCUT2D eigenvalue weighted by Gasteiger charge is -2.17. The highest BCUT2D eigenvalue weighted by molar-refractivity contribution is 7.89. The van der Waals surface area contributed by atoms with Crippen LogP contribution < -0.4 is 14.9 Å². The molecule has 0 radical (unpaired) electrons. The molecule has 0 aliphatic heterocycles. The second kappa shape index (κ2) is 9.06. The van der Waals surface area contributed by atoms with Crippen LogP contribution in [0.4, 0.5) is 0 Å². The van der Waals surface area contributed by atoms with Crippen molar-refractivity contribution in [2.45, 2.75) is 22.3 Å². The molecular formula is C16H19N3O6S2.